The minimum absolute atomic E-state index is 0.0814. The molecular weight excluding hydrogens is 524 g/mol. The van der Waals surface area contributed by atoms with E-state index in [1.807, 2.05) is 36.4 Å². The van der Waals surface area contributed by atoms with Crippen molar-refractivity contribution in [3.05, 3.63) is 72.2 Å². The normalized spacial score (nSPS) is 14.2. The second-order valence-corrected chi connectivity index (χ2v) is 11.3. The van der Waals surface area contributed by atoms with Crippen LogP contribution in [0.5, 0.6) is 5.75 Å². The number of thiazole rings is 1. The van der Waals surface area contributed by atoms with Crippen molar-refractivity contribution in [1.82, 2.24) is 15.2 Å². The lowest BCUT2D eigenvalue weighted by Crippen LogP contribution is -2.38. The summed E-state index contributed by atoms with van der Waals surface area (Å²) in [6, 6.07) is 17.6. The summed E-state index contributed by atoms with van der Waals surface area (Å²) >= 11 is 1.20. The summed E-state index contributed by atoms with van der Waals surface area (Å²) in [6.45, 7) is 1.38. The molecule has 0 radical (unpaired) electrons. The lowest BCUT2D eigenvalue weighted by molar-refractivity contribution is -0.120. The van der Waals surface area contributed by atoms with Crippen molar-refractivity contribution in [2.75, 3.05) is 35.1 Å². The van der Waals surface area contributed by atoms with Crippen molar-refractivity contribution in [2.24, 2.45) is 5.92 Å². The fourth-order valence-electron chi connectivity index (χ4n) is 4.19. The van der Waals surface area contributed by atoms with Crippen LogP contribution in [-0.2, 0) is 14.8 Å². The summed E-state index contributed by atoms with van der Waals surface area (Å²) in [4.78, 5) is 19.0. The Kier molecular flexibility index (Phi) is 7.52. The van der Waals surface area contributed by atoms with Gasteiger partial charge in [0, 0.05) is 41.8 Å². The fraction of sp³-hybridized carbons (Fsp3) is 0.231. The number of carbonyl (C=O) groups excluding carboxylic acids is 1. The molecule has 196 valence electrons. The zero-order valence-electron chi connectivity index (χ0n) is 20.6. The van der Waals surface area contributed by atoms with Gasteiger partial charge < -0.3 is 15.0 Å². The Morgan fingerprint density at radius 2 is 1.74 bits per heavy atom. The number of amides is 1. The van der Waals surface area contributed by atoms with E-state index in [4.69, 9.17) is 4.74 Å². The van der Waals surface area contributed by atoms with E-state index in [1.165, 1.54) is 29.7 Å². The first-order valence-electron chi connectivity index (χ1n) is 12.0. The predicted molar refractivity (Wildman–Crippen MR) is 147 cm³/mol. The monoisotopic (exact) mass is 550 g/mol. The SMILES string of the molecule is COc1ccc(-c2ccc(N3CCC(C(=O)Nc4ccc(S(=O)(=O)Nc5nccs5)cc4)CC3)nn2)cc1. The molecule has 1 amide bonds. The van der Waals surface area contributed by atoms with Crippen LogP contribution in [0.25, 0.3) is 11.3 Å². The summed E-state index contributed by atoms with van der Waals surface area (Å²) in [5.41, 5.74) is 2.29. The summed E-state index contributed by atoms with van der Waals surface area (Å²) in [7, 11) is -2.11. The van der Waals surface area contributed by atoms with Gasteiger partial charge >= 0.3 is 0 Å². The molecule has 4 aromatic rings. The van der Waals surface area contributed by atoms with Crippen molar-refractivity contribution in [3.8, 4) is 17.0 Å². The molecule has 1 saturated heterocycles. The molecular formula is C26H26N6O4S2. The minimum Gasteiger partial charge on any atom is -0.497 e. The third kappa shape index (κ3) is 5.92. The number of piperidine rings is 1. The van der Waals surface area contributed by atoms with Crippen molar-refractivity contribution < 1.29 is 17.9 Å². The summed E-state index contributed by atoms with van der Waals surface area (Å²) in [5.74, 6) is 1.34. The number of nitrogens with zero attached hydrogens (tertiary/aromatic N) is 4. The maximum atomic E-state index is 12.8. The molecule has 1 aliphatic rings. The van der Waals surface area contributed by atoms with Gasteiger partial charge in [0.15, 0.2) is 10.9 Å². The Labute approximate surface area is 224 Å². The van der Waals surface area contributed by atoms with E-state index in [-0.39, 0.29) is 16.7 Å². The quantitative estimate of drug-likeness (QED) is 0.333. The van der Waals surface area contributed by atoms with Crippen molar-refractivity contribution >= 4 is 43.9 Å². The Hall–Kier alpha value is -4.03. The highest BCUT2D eigenvalue weighted by atomic mass is 32.2. The number of hydrogen-bond acceptors (Lipinski definition) is 9. The summed E-state index contributed by atoms with van der Waals surface area (Å²) in [5, 5.41) is 13.7. The van der Waals surface area contributed by atoms with Gasteiger partial charge in [0.1, 0.15) is 5.75 Å². The van der Waals surface area contributed by atoms with Crippen LogP contribution in [0.4, 0.5) is 16.6 Å². The van der Waals surface area contributed by atoms with Crippen LogP contribution in [-0.4, -0.2) is 49.7 Å². The molecule has 12 heteroatoms. The smallest absolute Gasteiger partial charge is 0.263 e. The highest BCUT2D eigenvalue weighted by molar-refractivity contribution is 7.93. The highest BCUT2D eigenvalue weighted by Crippen LogP contribution is 2.26. The first kappa shape index (κ1) is 25.6. The minimum atomic E-state index is -3.74. The van der Waals surface area contributed by atoms with Gasteiger partial charge in [-0.1, -0.05) is 0 Å². The summed E-state index contributed by atoms with van der Waals surface area (Å²) in [6.07, 6.45) is 2.88. The Morgan fingerprint density at radius 3 is 2.34 bits per heavy atom. The van der Waals surface area contributed by atoms with Gasteiger partial charge in [-0.25, -0.2) is 13.4 Å². The first-order valence-corrected chi connectivity index (χ1v) is 14.3. The highest BCUT2D eigenvalue weighted by Gasteiger charge is 2.26. The molecule has 0 spiro atoms. The molecule has 10 nitrogen and oxygen atoms in total. The van der Waals surface area contributed by atoms with Crippen LogP contribution < -0.4 is 19.7 Å². The van der Waals surface area contributed by atoms with Gasteiger partial charge in [0.25, 0.3) is 10.0 Å². The largest absolute Gasteiger partial charge is 0.497 e. The fourth-order valence-corrected chi connectivity index (χ4v) is 5.98. The Bertz CT molecular complexity index is 1470. The maximum absolute atomic E-state index is 12.8. The number of carbonyl (C=O) groups is 1. The molecule has 1 fully saturated rings. The molecule has 0 unspecified atom stereocenters. The standard InChI is InChI=1S/C26H26N6O4S2/c1-36-21-6-2-18(3-7-21)23-10-11-24(30-29-23)32-15-12-19(13-16-32)25(33)28-20-4-8-22(9-5-20)38(34,35)31-26-27-14-17-37-26/h2-11,14,17,19H,12-13,15-16H2,1H3,(H,27,31)(H,28,33). The van der Waals surface area contributed by atoms with Gasteiger partial charge in [0.2, 0.25) is 5.91 Å². The number of sulfonamides is 1. The number of anilines is 3. The zero-order chi connectivity index (χ0) is 26.5. The molecule has 0 saturated carbocycles. The van der Waals surface area contributed by atoms with Crippen LogP contribution in [0, 0.1) is 5.92 Å². The number of nitrogens with one attached hydrogen (secondary N) is 2. The Morgan fingerprint density at radius 1 is 1.00 bits per heavy atom. The van der Waals surface area contributed by atoms with E-state index in [0.29, 0.717) is 36.8 Å². The molecule has 5 rings (SSSR count). The van der Waals surface area contributed by atoms with Crippen LogP contribution in [0.1, 0.15) is 12.8 Å². The van der Waals surface area contributed by atoms with E-state index in [9.17, 15) is 13.2 Å². The molecule has 3 heterocycles. The van der Waals surface area contributed by atoms with E-state index in [2.05, 4.69) is 30.1 Å². The van der Waals surface area contributed by atoms with Crippen molar-refractivity contribution in [2.45, 2.75) is 17.7 Å². The number of hydrogen-bond donors (Lipinski definition) is 2. The number of rotatable bonds is 8. The van der Waals surface area contributed by atoms with Gasteiger partial charge in [-0.2, -0.15) is 0 Å². The predicted octanol–water partition coefficient (Wildman–Crippen LogP) is 4.26. The molecule has 2 aromatic heterocycles. The van der Waals surface area contributed by atoms with Crippen molar-refractivity contribution in [1.29, 1.82) is 0 Å². The average molecular weight is 551 g/mol. The summed E-state index contributed by atoms with van der Waals surface area (Å²) < 4.78 is 32.6. The van der Waals surface area contributed by atoms with Gasteiger partial charge in [-0.15, -0.1) is 21.5 Å². The van der Waals surface area contributed by atoms with E-state index >= 15 is 0 Å². The maximum Gasteiger partial charge on any atom is 0.263 e. The van der Waals surface area contributed by atoms with Gasteiger partial charge in [-0.3, -0.25) is 9.52 Å². The lowest BCUT2D eigenvalue weighted by Gasteiger charge is -2.31. The molecule has 0 atom stereocenters. The second kappa shape index (κ2) is 11.2. The van der Waals surface area contributed by atoms with Crippen molar-refractivity contribution in [3.63, 3.8) is 0 Å². The third-order valence-corrected chi connectivity index (χ3v) is 8.48. The number of ether oxygens (including phenoxy) is 1. The van der Waals surface area contributed by atoms with Crippen LogP contribution in [0.2, 0.25) is 0 Å². The van der Waals surface area contributed by atoms with E-state index in [1.54, 1.807) is 24.6 Å². The zero-order valence-corrected chi connectivity index (χ0v) is 22.2. The lowest BCUT2D eigenvalue weighted by atomic mass is 9.96. The molecule has 0 aliphatic carbocycles. The molecule has 38 heavy (non-hydrogen) atoms. The Balaban J connectivity index is 1.13. The first-order chi connectivity index (χ1) is 18.4. The van der Waals surface area contributed by atoms with Gasteiger partial charge in [0.05, 0.1) is 17.7 Å². The molecule has 2 aromatic carbocycles. The molecule has 2 N–H and O–H groups in total. The topological polar surface area (TPSA) is 126 Å². The molecule has 1 aliphatic heterocycles. The number of aromatic nitrogens is 3. The van der Waals surface area contributed by atoms with Crippen LogP contribution in [0.15, 0.2) is 77.1 Å². The van der Waals surface area contributed by atoms with Crippen LogP contribution in [0.3, 0.4) is 0 Å². The molecule has 0 bridgehead atoms. The number of benzene rings is 2. The number of methoxy groups -OCH3 is 1. The average Bonchev–Trinajstić information content (AvgIpc) is 3.46. The van der Waals surface area contributed by atoms with E-state index < -0.39 is 10.0 Å². The second-order valence-electron chi connectivity index (χ2n) is 8.72. The van der Waals surface area contributed by atoms with Gasteiger partial charge in [-0.05, 0) is 73.5 Å². The van der Waals surface area contributed by atoms with Crippen LogP contribution >= 0.6 is 11.3 Å². The van der Waals surface area contributed by atoms with E-state index in [0.717, 1.165) is 22.8 Å². The third-order valence-electron chi connectivity index (χ3n) is 6.31.